The van der Waals surface area contributed by atoms with E-state index in [9.17, 15) is 18.7 Å². The summed E-state index contributed by atoms with van der Waals surface area (Å²) in [6, 6.07) is 6.38. The molecule has 0 saturated heterocycles. The van der Waals surface area contributed by atoms with Gasteiger partial charge in [0, 0.05) is 11.6 Å². The molecule has 0 aliphatic rings. The molecule has 2 aromatic carbocycles. The maximum absolute atomic E-state index is 14.7. The summed E-state index contributed by atoms with van der Waals surface area (Å²) >= 11 is 6.16. The second-order valence-electron chi connectivity index (χ2n) is 6.79. The number of aliphatic hydroxyl groups is 1. The minimum atomic E-state index is -2.06. The van der Waals surface area contributed by atoms with Crippen LogP contribution in [0, 0.1) is 11.6 Å². The first-order valence-corrected chi connectivity index (χ1v) is 9.23. The molecule has 0 fully saturated rings. The van der Waals surface area contributed by atoms with Gasteiger partial charge in [0.25, 0.3) is 5.56 Å². The molecule has 0 saturated carbocycles. The molecule has 11 heteroatoms. The smallest absolute Gasteiger partial charge is 0.279 e. The number of aromatic nitrogens is 6. The molecule has 2 aromatic heterocycles. The van der Waals surface area contributed by atoms with Crippen LogP contribution < -0.4 is 5.56 Å². The molecule has 154 valence electrons. The first kappa shape index (κ1) is 20.0. The molecular weight excluding hydrogens is 418 g/mol. The lowest BCUT2D eigenvalue weighted by Gasteiger charge is -2.34. The van der Waals surface area contributed by atoms with Gasteiger partial charge in [0.1, 0.15) is 35.4 Å². The highest BCUT2D eigenvalue weighted by atomic mass is 35.5. The van der Waals surface area contributed by atoms with Crippen molar-refractivity contribution >= 4 is 22.5 Å². The Hall–Kier alpha value is -3.24. The Balaban J connectivity index is 1.91. The van der Waals surface area contributed by atoms with Gasteiger partial charge >= 0.3 is 0 Å². The molecule has 0 aliphatic heterocycles. The predicted octanol–water partition coefficient (Wildman–Crippen LogP) is 2.46. The van der Waals surface area contributed by atoms with E-state index < -0.39 is 28.8 Å². The molecule has 2 unspecified atom stereocenters. The summed E-state index contributed by atoms with van der Waals surface area (Å²) in [5.74, 6) is -1.79. The van der Waals surface area contributed by atoms with Crippen LogP contribution in [-0.4, -0.2) is 34.9 Å². The number of benzene rings is 2. The van der Waals surface area contributed by atoms with Gasteiger partial charge in [-0.15, -0.1) is 5.10 Å². The zero-order chi connectivity index (χ0) is 21.5. The summed E-state index contributed by atoms with van der Waals surface area (Å²) in [6.07, 6.45) is 2.57. The fraction of sp³-hybridized carbons (Fsp3) is 0.211. The standard InChI is InChI=1S/C19H15ClF2N6O2/c1-11(28-18(29)17-14(20)3-2-4-16(17)25-26-28)19(30,8-27-10-23-9-24-27)13-6-5-12(21)7-15(13)22/h2-7,9-11,30H,8H2,1H3. The van der Waals surface area contributed by atoms with Crippen molar-refractivity contribution in [2.24, 2.45) is 0 Å². The molecule has 4 aromatic rings. The average molecular weight is 433 g/mol. The molecule has 2 heterocycles. The van der Waals surface area contributed by atoms with Crippen LogP contribution in [0.5, 0.6) is 0 Å². The highest BCUT2D eigenvalue weighted by molar-refractivity contribution is 6.35. The third-order valence-corrected chi connectivity index (χ3v) is 5.30. The van der Waals surface area contributed by atoms with Crippen molar-refractivity contribution in [1.82, 2.24) is 29.8 Å². The molecule has 0 amide bonds. The van der Waals surface area contributed by atoms with Crippen LogP contribution in [-0.2, 0) is 12.1 Å². The zero-order valence-electron chi connectivity index (χ0n) is 15.6. The van der Waals surface area contributed by atoms with Gasteiger partial charge in [0.05, 0.1) is 23.0 Å². The first-order chi connectivity index (χ1) is 14.3. The minimum absolute atomic E-state index is 0.115. The van der Waals surface area contributed by atoms with E-state index in [0.717, 1.165) is 16.8 Å². The van der Waals surface area contributed by atoms with Gasteiger partial charge in [0.15, 0.2) is 0 Å². The van der Waals surface area contributed by atoms with Crippen molar-refractivity contribution in [3.8, 4) is 0 Å². The fourth-order valence-corrected chi connectivity index (χ4v) is 3.61. The van der Waals surface area contributed by atoms with Crippen molar-refractivity contribution in [2.75, 3.05) is 0 Å². The van der Waals surface area contributed by atoms with Crippen molar-refractivity contribution < 1.29 is 13.9 Å². The summed E-state index contributed by atoms with van der Waals surface area (Å²) in [6.45, 7) is 1.18. The summed E-state index contributed by atoms with van der Waals surface area (Å²) < 4.78 is 30.4. The third-order valence-electron chi connectivity index (χ3n) is 4.99. The van der Waals surface area contributed by atoms with Crippen molar-refractivity contribution in [1.29, 1.82) is 0 Å². The normalized spacial score (nSPS) is 14.6. The number of hydrogen-bond donors (Lipinski definition) is 1. The Kier molecular flexibility index (Phi) is 5.04. The Morgan fingerprint density at radius 3 is 2.77 bits per heavy atom. The highest BCUT2D eigenvalue weighted by Gasteiger charge is 2.41. The topological polar surface area (TPSA) is 98.7 Å². The maximum atomic E-state index is 14.7. The van der Waals surface area contributed by atoms with Crippen molar-refractivity contribution in [2.45, 2.75) is 25.1 Å². The van der Waals surface area contributed by atoms with E-state index in [4.69, 9.17) is 11.6 Å². The summed E-state index contributed by atoms with van der Waals surface area (Å²) in [4.78, 5) is 16.9. The Morgan fingerprint density at radius 1 is 1.27 bits per heavy atom. The molecular formula is C19H15ClF2N6O2. The average Bonchev–Trinajstić information content (AvgIpc) is 3.20. The largest absolute Gasteiger partial charge is 0.381 e. The monoisotopic (exact) mass is 432 g/mol. The van der Waals surface area contributed by atoms with E-state index in [1.807, 2.05) is 0 Å². The molecule has 0 bridgehead atoms. The van der Waals surface area contributed by atoms with E-state index in [0.29, 0.717) is 6.07 Å². The second-order valence-corrected chi connectivity index (χ2v) is 7.20. The Morgan fingerprint density at radius 2 is 2.07 bits per heavy atom. The van der Waals surface area contributed by atoms with Gasteiger partial charge in [-0.3, -0.25) is 4.79 Å². The van der Waals surface area contributed by atoms with Crippen LogP contribution in [0.3, 0.4) is 0 Å². The molecule has 4 rings (SSSR count). The molecule has 1 N–H and O–H groups in total. The lowest BCUT2D eigenvalue weighted by atomic mass is 9.86. The number of halogens is 3. The van der Waals surface area contributed by atoms with Gasteiger partial charge in [-0.2, -0.15) is 5.10 Å². The van der Waals surface area contributed by atoms with E-state index in [2.05, 4.69) is 20.4 Å². The van der Waals surface area contributed by atoms with E-state index >= 15 is 0 Å². The fourth-order valence-electron chi connectivity index (χ4n) is 3.36. The maximum Gasteiger partial charge on any atom is 0.279 e. The van der Waals surface area contributed by atoms with Crippen LogP contribution in [0.4, 0.5) is 8.78 Å². The lowest BCUT2D eigenvalue weighted by Crippen LogP contribution is -2.44. The van der Waals surface area contributed by atoms with Gasteiger partial charge < -0.3 is 5.11 Å². The van der Waals surface area contributed by atoms with Crippen LogP contribution in [0.1, 0.15) is 18.5 Å². The molecule has 8 nitrogen and oxygen atoms in total. The van der Waals surface area contributed by atoms with Crippen molar-refractivity contribution in [3.63, 3.8) is 0 Å². The summed E-state index contributed by atoms with van der Waals surface area (Å²) in [7, 11) is 0. The summed E-state index contributed by atoms with van der Waals surface area (Å²) in [5.41, 5.74) is -2.62. The molecule has 0 aliphatic carbocycles. The molecule has 2 atom stereocenters. The van der Waals surface area contributed by atoms with Crippen LogP contribution in [0.25, 0.3) is 10.9 Å². The van der Waals surface area contributed by atoms with Crippen LogP contribution in [0.2, 0.25) is 5.02 Å². The predicted molar refractivity (Wildman–Crippen MR) is 104 cm³/mol. The second kappa shape index (κ2) is 7.54. The van der Waals surface area contributed by atoms with Gasteiger partial charge in [0.2, 0.25) is 0 Å². The van der Waals surface area contributed by atoms with Gasteiger partial charge in [-0.05, 0) is 25.1 Å². The molecule has 0 spiro atoms. The first-order valence-electron chi connectivity index (χ1n) is 8.85. The SMILES string of the molecule is CC(n1nnc2cccc(Cl)c2c1=O)C(O)(Cn1cncn1)c1ccc(F)cc1F. The number of hydrogen-bond acceptors (Lipinski definition) is 6. The van der Waals surface area contributed by atoms with E-state index in [1.54, 1.807) is 12.1 Å². The number of nitrogens with zero attached hydrogens (tertiary/aromatic N) is 6. The lowest BCUT2D eigenvalue weighted by molar-refractivity contribution is -0.0390. The number of fused-ring (bicyclic) bond motifs is 1. The van der Waals surface area contributed by atoms with Crippen molar-refractivity contribution in [3.05, 3.63) is 81.6 Å². The van der Waals surface area contributed by atoms with Gasteiger partial charge in [-0.1, -0.05) is 28.9 Å². The number of rotatable bonds is 5. The van der Waals surface area contributed by atoms with Gasteiger partial charge in [-0.25, -0.2) is 23.1 Å². The zero-order valence-corrected chi connectivity index (χ0v) is 16.3. The Labute approximate surface area is 173 Å². The molecule has 0 radical (unpaired) electrons. The molecule has 30 heavy (non-hydrogen) atoms. The Bertz CT molecular complexity index is 1280. The minimum Gasteiger partial charge on any atom is -0.381 e. The highest BCUT2D eigenvalue weighted by Crippen LogP contribution is 2.36. The quantitative estimate of drug-likeness (QED) is 0.520. The van der Waals surface area contributed by atoms with E-state index in [-0.39, 0.29) is 28.0 Å². The third kappa shape index (κ3) is 3.33. The van der Waals surface area contributed by atoms with Crippen LogP contribution in [0.15, 0.2) is 53.8 Å². The summed E-state index contributed by atoms with van der Waals surface area (Å²) in [5, 5.41) is 23.7. The van der Waals surface area contributed by atoms with Crippen LogP contribution >= 0.6 is 11.6 Å². The van der Waals surface area contributed by atoms with E-state index in [1.165, 1.54) is 30.3 Å².